The van der Waals surface area contributed by atoms with Crippen molar-refractivity contribution in [2.45, 2.75) is 6.92 Å². The van der Waals surface area contributed by atoms with Gasteiger partial charge in [0.1, 0.15) is 11.5 Å². The number of nitro benzene ring substituents is 1. The number of para-hydroxylation sites is 2. The number of aryl methyl sites for hydroxylation is 1. The van der Waals surface area contributed by atoms with E-state index in [1.165, 1.54) is 12.3 Å². The van der Waals surface area contributed by atoms with Crippen LogP contribution in [0.4, 0.5) is 22.9 Å². The molecule has 6 nitrogen and oxygen atoms in total. The zero-order chi connectivity index (χ0) is 14.0. The second-order valence-electron chi connectivity index (χ2n) is 4.21. The first-order valence-electron chi connectivity index (χ1n) is 5.70. The molecule has 0 aliphatic rings. The summed E-state index contributed by atoms with van der Waals surface area (Å²) in [4.78, 5) is 16.6. The molecule has 0 aliphatic carbocycles. The van der Waals surface area contributed by atoms with Gasteiger partial charge in [0.25, 0.3) is 5.69 Å². The normalized spacial score (nSPS) is 10.2. The lowest BCUT2D eigenvalue weighted by Gasteiger charge is -2.20. The highest BCUT2D eigenvalue weighted by molar-refractivity contribution is 5.71. The third-order valence-corrected chi connectivity index (χ3v) is 2.83. The van der Waals surface area contributed by atoms with Crippen molar-refractivity contribution in [1.82, 2.24) is 4.98 Å². The van der Waals surface area contributed by atoms with E-state index in [4.69, 9.17) is 5.73 Å². The molecule has 0 radical (unpaired) electrons. The van der Waals surface area contributed by atoms with Crippen molar-refractivity contribution in [3.05, 3.63) is 52.2 Å². The Labute approximate surface area is 110 Å². The van der Waals surface area contributed by atoms with Gasteiger partial charge in [0, 0.05) is 13.1 Å². The molecule has 19 heavy (non-hydrogen) atoms. The Morgan fingerprint density at radius 3 is 2.68 bits per heavy atom. The van der Waals surface area contributed by atoms with Crippen molar-refractivity contribution in [1.29, 1.82) is 0 Å². The predicted octanol–water partition coefficient (Wildman–Crippen LogP) is 2.65. The molecule has 0 atom stereocenters. The molecule has 0 unspecified atom stereocenters. The van der Waals surface area contributed by atoms with E-state index in [0.29, 0.717) is 17.2 Å². The summed E-state index contributed by atoms with van der Waals surface area (Å²) in [7, 11) is 1.74. The van der Waals surface area contributed by atoms with Crippen LogP contribution in [0.25, 0.3) is 0 Å². The molecule has 0 saturated heterocycles. The molecule has 1 heterocycles. The third-order valence-electron chi connectivity index (χ3n) is 2.83. The number of nitro groups is 1. The van der Waals surface area contributed by atoms with Crippen LogP contribution in [0.2, 0.25) is 0 Å². The molecule has 0 aliphatic heterocycles. The molecule has 1 aromatic heterocycles. The predicted molar refractivity (Wildman–Crippen MR) is 74.5 cm³/mol. The quantitative estimate of drug-likeness (QED) is 0.675. The minimum absolute atomic E-state index is 0.0445. The van der Waals surface area contributed by atoms with Gasteiger partial charge in [0.2, 0.25) is 0 Å². The molecule has 0 fully saturated rings. The van der Waals surface area contributed by atoms with Gasteiger partial charge in [0.15, 0.2) is 0 Å². The van der Waals surface area contributed by atoms with Crippen LogP contribution in [0.15, 0.2) is 36.5 Å². The summed E-state index contributed by atoms with van der Waals surface area (Å²) < 4.78 is 0. The van der Waals surface area contributed by atoms with Crippen LogP contribution in [-0.2, 0) is 0 Å². The number of aromatic nitrogens is 1. The Hall–Kier alpha value is -2.63. The molecule has 2 aromatic rings. The summed E-state index contributed by atoms with van der Waals surface area (Å²) >= 11 is 0. The number of anilines is 3. The average molecular weight is 258 g/mol. The van der Waals surface area contributed by atoms with E-state index >= 15 is 0 Å². The summed E-state index contributed by atoms with van der Waals surface area (Å²) in [5, 5.41) is 11.0. The Morgan fingerprint density at radius 1 is 1.37 bits per heavy atom. The van der Waals surface area contributed by atoms with E-state index in [0.717, 1.165) is 5.56 Å². The summed E-state index contributed by atoms with van der Waals surface area (Å²) in [6.45, 7) is 1.87. The first kappa shape index (κ1) is 12.8. The molecule has 98 valence electrons. The minimum Gasteiger partial charge on any atom is -0.397 e. The highest BCUT2D eigenvalue weighted by atomic mass is 16.6. The summed E-state index contributed by atoms with van der Waals surface area (Å²) in [5.74, 6) is 0.642. The molecular weight excluding hydrogens is 244 g/mol. The maximum Gasteiger partial charge on any atom is 0.292 e. The number of hydrogen-bond acceptors (Lipinski definition) is 5. The van der Waals surface area contributed by atoms with Crippen molar-refractivity contribution in [2.75, 3.05) is 17.7 Å². The number of nitrogen functional groups attached to an aromatic ring is 1. The first-order valence-corrected chi connectivity index (χ1v) is 5.70. The fourth-order valence-electron chi connectivity index (χ4n) is 1.96. The van der Waals surface area contributed by atoms with Crippen molar-refractivity contribution in [3.8, 4) is 0 Å². The number of rotatable bonds is 3. The molecule has 1 aromatic carbocycles. The molecule has 0 saturated carbocycles. The maximum atomic E-state index is 11.0. The highest BCUT2D eigenvalue weighted by Gasteiger charge is 2.18. The van der Waals surface area contributed by atoms with Gasteiger partial charge in [-0.15, -0.1) is 0 Å². The fraction of sp³-hybridized carbons (Fsp3) is 0.154. The van der Waals surface area contributed by atoms with Crippen LogP contribution in [0.3, 0.4) is 0 Å². The van der Waals surface area contributed by atoms with Gasteiger partial charge in [-0.2, -0.15) is 0 Å². The Morgan fingerprint density at radius 2 is 2.05 bits per heavy atom. The molecule has 0 spiro atoms. The molecule has 0 bridgehead atoms. The van der Waals surface area contributed by atoms with E-state index in [1.54, 1.807) is 36.2 Å². The SMILES string of the molecule is Cc1cc(N)cnc1N(C)c1ccccc1[N+](=O)[O-]. The number of benzene rings is 1. The Balaban J connectivity index is 2.50. The van der Waals surface area contributed by atoms with Crippen molar-refractivity contribution < 1.29 is 4.92 Å². The van der Waals surface area contributed by atoms with E-state index in [-0.39, 0.29) is 5.69 Å². The Bertz CT molecular complexity index is 628. The second kappa shape index (κ2) is 4.93. The zero-order valence-corrected chi connectivity index (χ0v) is 10.7. The van der Waals surface area contributed by atoms with Gasteiger partial charge in [-0.25, -0.2) is 4.98 Å². The molecule has 2 rings (SSSR count). The van der Waals surface area contributed by atoms with Gasteiger partial charge in [-0.3, -0.25) is 10.1 Å². The van der Waals surface area contributed by atoms with E-state index in [1.807, 2.05) is 6.92 Å². The van der Waals surface area contributed by atoms with Crippen molar-refractivity contribution >= 4 is 22.9 Å². The van der Waals surface area contributed by atoms with Crippen LogP contribution in [-0.4, -0.2) is 17.0 Å². The molecule has 6 heteroatoms. The van der Waals surface area contributed by atoms with Gasteiger partial charge in [-0.1, -0.05) is 12.1 Å². The van der Waals surface area contributed by atoms with Crippen LogP contribution >= 0.6 is 0 Å². The van der Waals surface area contributed by atoms with E-state index in [2.05, 4.69) is 4.98 Å². The van der Waals surface area contributed by atoms with Gasteiger partial charge < -0.3 is 10.6 Å². The van der Waals surface area contributed by atoms with Crippen molar-refractivity contribution in [3.63, 3.8) is 0 Å². The molecule has 2 N–H and O–H groups in total. The number of nitrogens with zero attached hydrogens (tertiary/aromatic N) is 3. The monoisotopic (exact) mass is 258 g/mol. The lowest BCUT2D eigenvalue weighted by Crippen LogP contribution is -2.14. The standard InChI is InChI=1S/C13H14N4O2/c1-9-7-10(14)8-15-13(9)16(2)11-5-3-4-6-12(11)17(18)19/h3-8H,14H2,1-2H3. The maximum absolute atomic E-state index is 11.0. The van der Waals surface area contributed by atoms with Crippen LogP contribution in [0.1, 0.15) is 5.56 Å². The second-order valence-corrected chi connectivity index (χ2v) is 4.21. The average Bonchev–Trinajstić information content (AvgIpc) is 2.38. The summed E-state index contributed by atoms with van der Waals surface area (Å²) in [5.41, 5.74) is 7.62. The molecule has 0 amide bonds. The smallest absolute Gasteiger partial charge is 0.292 e. The van der Waals surface area contributed by atoms with E-state index < -0.39 is 4.92 Å². The van der Waals surface area contributed by atoms with Gasteiger partial charge >= 0.3 is 0 Å². The first-order chi connectivity index (χ1) is 9.00. The minimum atomic E-state index is -0.404. The molecular formula is C13H14N4O2. The van der Waals surface area contributed by atoms with Crippen LogP contribution in [0, 0.1) is 17.0 Å². The lowest BCUT2D eigenvalue weighted by molar-refractivity contribution is -0.384. The van der Waals surface area contributed by atoms with Gasteiger partial charge in [-0.05, 0) is 24.6 Å². The van der Waals surface area contributed by atoms with Crippen LogP contribution < -0.4 is 10.6 Å². The highest BCUT2D eigenvalue weighted by Crippen LogP contribution is 2.32. The fourth-order valence-corrected chi connectivity index (χ4v) is 1.96. The van der Waals surface area contributed by atoms with Gasteiger partial charge in [0.05, 0.1) is 16.8 Å². The number of nitrogens with two attached hydrogens (primary N) is 1. The summed E-state index contributed by atoms with van der Waals surface area (Å²) in [6, 6.07) is 8.34. The largest absolute Gasteiger partial charge is 0.397 e. The Kier molecular flexibility index (Phi) is 3.33. The third kappa shape index (κ3) is 2.47. The number of hydrogen-bond donors (Lipinski definition) is 1. The van der Waals surface area contributed by atoms with Crippen LogP contribution in [0.5, 0.6) is 0 Å². The number of pyridine rings is 1. The lowest BCUT2D eigenvalue weighted by atomic mass is 10.2. The summed E-state index contributed by atoms with van der Waals surface area (Å²) in [6.07, 6.45) is 1.54. The van der Waals surface area contributed by atoms with Crippen molar-refractivity contribution in [2.24, 2.45) is 0 Å². The van der Waals surface area contributed by atoms with E-state index in [9.17, 15) is 10.1 Å². The topological polar surface area (TPSA) is 85.3 Å². The zero-order valence-electron chi connectivity index (χ0n) is 10.7.